The minimum atomic E-state index is 0.00448. The number of hydrogen-bond acceptors (Lipinski definition) is 4. The van der Waals surface area contributed by atoms with Gasteiger partial charge in [-0.15, -0.1) is 0 Å². The maximum Gasteiger partial charge on any atom is 0.293 e. The molecule has 0 N–H and O–H groups in total. The van der Waals surface area contributed by atoms with Crippen LogP contribution in [-0.2, 0) is 0 Å². The van der Waals surface area contributed by atoms with Gasteiger partial charge in [0.2, 0.25) is 0 Å². The van der Waals surface area contributed by atoms with Crippen molar-refractivity contribution in [2.24, 2.45) is 0 Å². The van der Waals surface area contributed by atoms with Crippen LogP contribution in [0, 0.1) is 11.3 Å². The molecule has 0 unspecified atom stereocenters. The van der Waals surface area contributed by atoms with E-state index in [1.165, 1.54) is 0 Å². The lowest BCUT2D eigenvalue weighted by molar-refractivity contribution is 0.679. The molecule has 2 aliphatic carbocycles. The Morgan fingerprint density at radius 1 is 1.44 bits per heavy atom. The molecule has 0 atom stereocenters. The molecule has 94 valence electrons. The topological polar surface area (TPSA) is 61.9 Å². The van der Waals surface area contributed by atoms with Gasteiger partial charge in [0.05, 0.1) is 12.5 Å². The zero-order valence-corrected chi connectivity index (χ0v) is 10.2. The minimum Gasteiger partial charge on any atom is -0.348 e. The molecule has 3 rings (SSSR count). The summed E-state index contributed by atoms with van der Waals surface area (Å²) in [5.41, 5.74) is 0.00448. The first-order chi connectivity index (χ1) is 8.81. The van der Waals surface area contributed by atoms with Gasteiger partial charge in [-0.2, -0.15) is 5.26 Å². The molecule has 2 saturated carbocycles. The van der Waals surface area contributed by atoms with Crippen molar-refractivity contribution in [3.63, 3.8) is 0 Å². The number of nitriles is 1. The summed E-state index contributed by atoms with van der Waals surface area (Å²) >= 11 is 0. The van der Waals surface area contributed by atoms with Gasteiger partial charge in [0.25, 0.3) is 5.56 Å². The SMILES string of the molecule is N#CCCN(c1nccn(C2CC2)c1=O)C1CC1. The van der Waals surface area contributed by atoms with Gasteiger partial charge in [-0.05, 0) is 25.7 Å². The second-order valence-electron chi connectivity index (χ2n) is 5.03. The smallest absolute Gasteiger partial charge is 0.293 e. The highest BCUT2D eigenvalue weighted by atomic mass is 16.1. The van der Waals surface area contributed by atoms with E-state index in [2.05, 4.69) is 11.1 Å². The third-order valence-corrected chi connectivity index (χ3v) is 3.51. The van der Waals surface area contributed by atoms with Crippen LogP contribution >= 0.6 is 0 Å². The van der Waals surface area contributed by atoms with Crippen LogP contribution in [0.5, 0.6) is 0 Å². The molecule has 0 saturated heterocycles. The summed E-state index contributed by atoms with van der Waals surface area (Å²) in [6.07, 6.45) is 8.30. The normalized spacial score (nSPS) is 18.4. The van der Waals surface area contributed by atoms with E-state index in [0.29, 0.717) is 30.9 Å². The van der Waals surface area contributed by atoms with E-state index in [0.717, 1.165) is 25.7 Å². The standard InChI is InChI=1S/C13H16N4O/c14-6-1-8-16(10-2-3-10)12-13(18)17(9-7-15-12)11-4-5-11/h7,9-11H,1-5,8H2. The van der Waals surface area contributed by atoms with Crippen LogP contribution in [0.25, 0.3) is 0 Å². The molecule has 0 spiro atoms. The molecule has 5 heteroatoms. The lowest BCUT2D eigenvalue weighted by atomic mass is 10.3. The molecule has 5 nitrogen and oxygen atoms in total. The van der Waals surface area contributed by atoms with E-state index < -0.39 is 0 Å². The molecule has 0 aromatic carbocycles. The first-order valence-corrected chi connectivity index (χ1v) is 6.52. The molecular weight excluding hydrogens is 228 g/mol. The molecule has 0 amide bonds. The van der Waals surface area contributed by atoms with Gasteiger partial charge < -0.3 is 9.47 Å². The van der Waals surface area contributed by atoms with E-state index in [4.69, 9.17) is 5.26 Å². The fraction of sp³-hybridized carbons (Fsp3) is 0.615. The first-order valence-electron chi connectivity index (χ1n) is 6.52. The van der Waals surface area contributed by atoms with Crippen LogP contribution in [0.15, 0.2) is 17.2 Å². The van der Waals surface area contributed by atoms with Crippen LogP contribution in [0.1, 0.15) is 38.1 Å². The maximum absolute atomic E-state index is 12.4. The van der Waals surface area contributed by atoms with Crippen molar-refractivity contribution >= 4 is 5.82 Å². The summed E-state index contributed by atoms with van der Waals surface area (Å²) in [7, 11) is 0. The number of aromatic nitrogens is 2. The fourth-order valence-corrected chi connectivity index (χ4v) is 2.27. The Hall–Kier alpha value is -1.83. The van der Waals surface area contributed by atoms with Gasteiger partial charge in [0.15, 0.2) is 5.82 Å². The van der Waals surface area contributed by atoms with Gasteiger partial charge in [0.1, 0.15) is 0 Å². The highest BCUT2D eigenvalue weighted by molar-refractivity contribution is 5.39. The summed E-state index contributed by atoms with van der Waals surface area (Å²) in [5.74, 6) is 0.530. The van der Waals surface area contributed by atoms with E-state index >= 15 is 0 Å². The third kappa shape index (κ3) is 2.10. The molecule has 0 radical (unpaired) electrons. The number of nitrogens with zero attached hydrogens (tertiary/aromatic N) is 4. The summed E-state index contributed by atoms with van der Waals surface area (Å²) in [5, 5.41) is 8.71. The molecule has 2 fully saturated rings. The van der Waals surface area contributed by atoms with Crippen molar-refractivity contribution in [3.8, 4) is 6.07 Å². The van der Waals surface area contributed by atoms with E-state index in [-0.39, 0.29) is 5.56 Å². The minimum absolute atomic E-state index is 0.00448. The quantitative estimate of drug-likeness (QED) is 0.786. The summed E-state index contributed by atoms with van der Waals surface area (Å²) in [4.78, 5) is 18.6. The Bertz CT molecular complexity index is 537. The second-order valence-corrected chi connectivity index (χ2v) is 5.03. The Labute approximate surface area is 106 Å². The second kappa shape index (κ2) is 4.45. The number of anilines is 1. The Kier molecular flexibility index (Phi) is 2.78. The van der Waals surface area contributed by atoms with E-state index in [1.54, 1.807) is 17.0 Å². The average molecular weight is 244 g/mol. The Morgan fingerprint density at radius 3 is 2.83 bits per heavy atom. The highest BCUT2D eigenvalue weighted by Crippen LogP contribution is 2.34. The number of hydrogen-bond donors (Lipinski definition) is 0. The van der Waals surface area contributed by atoms with Gasteiger partial charge >= 0.3 is 0 Å². The predicted molar refractivity (Wildman–Crippen MR) is 67.4 cm³/mol. The zero-order valence-electron chi connectivity index (χ0n) is 10.2. The highest BCUT2D eigenvalue weighted by Gasteiger charge is 2.33. The van der Waals surface area contributed by atoms with Crippen molar-refractivity contribution in [1.82, 2.24) is 9.55 Å². The van der Waals surface area contributed by atoms with Crippen LogP contribution < -0.4 is 10.5 Å². The van der Waals surface area contributed by atoms with Crippen LogP contribution in [0.2, 0.25) is 0 Å². The summed E-state index contributed by atoms with van der Waals surface area (Å²) in [6.45, 7) is 0.609. The summed E-state index contributed by atoms with van der Waals surface area (Å²) in [6, 6.07) is 2.92. The van der Waals surface area contributed by atoms with E-state index in [1.807, 2.05) is 4.90 Å². The van der Waals surface area contributed by atoms with Crippen molar-refractivity contribution < 1.29 is 0 Å². The fourth-order valence-electron chi connectivity index (χ4n) is 2.27. The summed E-state index contributed by atoms with van der Waals surface area (Å²) < 4.78 is 1.80. The van der Waals surface area contributed by atoms with Crippen LogP contribution in [0.3, 0.4) is 0 Å². The van der Waals surface area contributed by atoms with Gasteiger partial charge in [-0.3, -0.25) is 4.79 Å². The lowest BCUT2D eigenvalue weighted by Crippen LogP contribution is -2.35. The van der Waals surface area contributed by atoms with Crippen molar-refractivity contribution in [2.75, 3.05) is 11.4 Å². The van der Waals surface area contributed by atoms with Crippen LogP contribution in [-0.4, -0.2) is 22.1 Å². The Balaban J connectivity index is 1.91. The molecule has 18 heavy (non-hydrogen) atoms. The predicted octanol–water partition coefficient (Wildman–Crippen LogP) is 1.46. The molecule has 0 bridgehead atoms. The van der Waals surface area contributed by atoms with Gasteiger partial charge in [0, 0.05) is 31.0 Å². The largest absolute Gasteiger partial charge is 0.348 e. The third-order valence-electron chi connectivity index (χ3n) is 3.51. The van der Waals surface area contributed by atoms with Gasteiger partial charge in [-0.1, -0.05) is 0 Å². The molecule has 1 heterocycles. The average Bonchev–Trinajstić information content (AvgIpc) is 3.24. The van der Waals surface area contributed by atoms with E-state index in [9.17, 15) is 4.79 Å². The number of rotatable bonds is 5. The molecule has 2 aliphatic rings. The lowest BCUT2D eigenvalue weighted by Gasteiger charge is -2.22. The van der Waals surface area contributed by atoms with Crippen LogP contribution in [0.4, 0.5) is 5.82 Å². The molecule has 1 aromatic rings. The first kappa shape index (κ1) is 11.3. The molecule has 0 aliphatic heterocycles. The Morgan fingerprint density at radius 2 is 2.22 bits per heavy atom. The zero-order chi connectivity index (χ0) is 12.5. The van der Waals surface area contributed by atoms with Crippen molar-refractivity contribution in [3.05, 3.63) is 22.7 Å². The molecule has 1 aromatic heterocycles. The van der Waals surface area contributed by atoms with Gasteiger partial charge in [-0.25, -0.2) is 4.98 Å². The maximum atomic E-state index is 12.4. The molecular formula is C13H16N4O. The monoisotopic (exact) mass is 244 g/mol. The van der Waals surface area contributed by atoms with Crippen molar-refractivity contribution in [2.45, 2.75) is 44.2 Å². The van der Waals surface area contributed by atoms with Crippen molar-refractivity contribution in [1.29, 1.82) is 5.26 Å².